The van der Waals surface area contributed by atoms with Crippen LogP contribution in [0.15, 0.2) is 47.4 Å². The minimum absolute atomic E-state index is 0.0758. The number of phenolic OH excluding ortho intramolecular Hbond substituents is 1. The highest BCUT2D eigenvalue weighted by Gasteiger charge is 2.17. The summed E-state index contributed by atoms with van der Waals surface area (Å²) in [4.78, 5) is 0.0758. The zero-order valence-electron chi connectivity index (χ0n) is 11.4. The van der Waals surface area contributed by atoms with Gasteiger partial charge in [0.15, 0.2) is 0 Å². The first-order valence-electron chi connectivity index (χ1n) is 6.21. The van der Waals surface area contributed by atoms with Crippen LogP contribution in [0.2, 0.25) is 0 Å². The number of rotatable bonds is 4. The van der Waals surface area contributed by atoms with Crippen molar-refractivity contribution >= 4 is 15.7 Å². The predicted molar refractivity (Wildman–Crippen MR) is 79.4 cm³/mol. The monoisotopic (exact) mass is 302 g/mol. The standard InChI is InChI=1S/C15H14N2O3S/c1-11-3-2-4-14(18)15(11)17-21(19,20)13-7-5-12(6-8-13)9-10-16/h2-8,17-18H,9H2,1H3. The second-order valence-electron chi connectivity index (χ2n) is 4.55. The molecule has 0 saturated heterocycles. The van der Waals surface area contributed by atoms with Crippen LogP contribution in [0.25, 0.3) is 0 Å². The Hall–Kier alpha value is -2.52. The van der Waals surface area contributed by atoms with Gasteiger partial charge < -0.3 is 5.11 Å². The number of benzene rings is 2. The van der Waals surface area contributed by atoms with E-state index in [0.717, 1.165) is 5.56 Å². The Morgan fingerprint density at radius 2 is 1.86 bits per heavy atom. The molecular formula is C15H14N2O3S. The number of hydrogen-bond donors (Lipinski definition) is 2. The van der Waals surface area contributed by atoms with Crippen molar-refractivity contribution in [3.05, 3.63) is 53.6 Å². The first-order chi connectivity index (χ1) is 9.94. The van der Waals surface area contributed by atoms with Crippen LogP contribution in [-0.2, 0) is 16.4 Å². The number of nitriles is 1. The molecule has 0 heterocycles. The second-order valence-corrected chi connectivity index (χ2v) is 6.24. The third-order valence-electron chi connectivity index (χ3n) is 3.00. The van der Waals surface area contributed by atoms with Gasteiger partial charge in [0, 0.05) is 0 Å². The quantitative estimate of drug-likeness (QED) is 0.849. The molecule has 2 rings (SSSR count). The number of phenols is 1. The van der Waals surface area contributed by atoms with Crippen molar-refractivity contribution in [3.8, 4) is 11.8 Å². The van der Waals surface area contributed by atoms with Crippen LogP contribution in [0.3, 0.4) is 0 Å². The molecule has 0 spiro atoms. The summed E-state index contributed by atoms with van der Waals surface area (Å²) >= 11 is 0. The Morgan fingerprint density at radius 3 is 2.43 bits per heavy atom. The van der Waals surface area contributed by atoms with E-state index in [0.29, 0.717) is 5.56 Å². The first-order valence-corrected chi connectivity index (χ1v) is 7.69. The van der Waals surface area contributed by atoms with Gasteiger partial charge in [0.05, 0.1) is 23.1 Å². The Bertz CT molecular complexity index is 770. The molecule has 2 aromatic carbocycles. The van der Waals surface area contributed by atoms with Crippen molar-refractivity contribution in [3.63, 3.8) is 0 Å². The number of anilines is 1. The third-order valence-corrected chi connectivity index (χ3v) is 4.37. The fraction of sp³-hybridized carbons (Fsp3) is 0.133. The summed E-state index contributed by atoms with van der Waals surface area (Å²) in [7, 11) is -3.78. The van der Waals surface area contributed by atoms with Gasteiger partial charge in [0.2, 0.25) is 0 Å². The fourth-order valence-electron chi connectivity index (χ4n) is 1.86. The van der Waals surface area contributed by atoms with Gasteiger partial charge in [-0.1, -0.05) is 24.3 Å². The summed E-state index contributed by atoms with van der Waals surface area (Å²) in [6.07, 6.45) is 0.229. The molecule has 0 bridgehead atoms. The van der Waals surface area contributed by atoms with Crippen LogP contribution in [0.4, 0.5) is 5.69 Å². The van der Waals surface area contributed by atoms with Gasteiger partial charge in [-0.3, -0.25) is 4.72 Å². The van der Waals surface area contributed by atoms with E-state index < -0.39 is 10.0 Å². The van der Waals surface area contributed by atoms with Crippen LogP contribution >= 0.6 is 0 Å². The average Bonchev–Trinajstić information content (AvgIpc) is 2.44. The molecule has 0 fully saturated rings. The predicted octanol–water partition coefficient (Wildman–Crippen LogP) is 2.57. The largest absolute Gasteiger partial charge is 0.506 e. The molecule has 0 radical (unpaired) electrons. The summed E-state index contributed by atoms with van der Waals surface area (Å²) in [5, 5.41) is 18.3. The highest BCUT2D eigenvalue weighted by molar-refractivity contribution is 7.92. The smallest absolute Gasteiger partial charge is 0.262 e. The van der Waals surface area contributed by atoms with Crippen LogP contribution in [0.5, 0.6) is 5.75 Å². The molecular weight excluding hydrogens is 288 g/mol. The number of para-hydroxylation sites is 1. The molecule has 21 heavy (non-hydrogen) atoms. The Labute approximate surface area is 123 Å². The summed E-state index contributed by atoms with van der Waals surface area (Å²) in [6.45, 7) is 1.70. The first kappa shape index (κ1) is 14.9. The fourth-order valence-corrected chi connectivity index (χ4v) is 3.00. The number of aromatic hydroxyl groups is 1. The zero-order valence-corrected chi connectivity index (χ0v) is 12.2. The van der Waals surface area contributed by atoms with Gasteiger partial charge in [-0.15, -0.1) is 0 Å². The maximum absolute atomic E-state index is 12.3. The van der Waals surface area contributed by atoms with Crippen molar-refractivity contribution in [2.75, 3.05) is 4.72 Å². The maximum Gasteiger partial charge on any atom is 0.262 e. The van der Waals surface area contributed by atoms with E-state index in [4.69, 9.17) is 5.26 Å². The molecule has 0 saturated carbocycles. The van der Waals surface area contributed by atoms with E-state index in [1.165, 1.54) is 18.2 Å². The van der Waals surface area contributed by atoms with Gasteiger partial charge in [-0.2, -0.15) is 5.26 Å². The minimum atomic E-state index is -3.78. The normalized spacial score (nSPS) is 10.9. The Balaban J connectivity index is 2.32. The van der Waals surface area contributed by atoms with Crippen LogP contribution in [0.1, 0.15) is 11.1 Å². The lowest BCUT2D eigenvalue weighted by atomic mass is 10.2. The van der Waals surface area contributed by atoms with Crippen molar-refractivity contribution in [1.29, 1.82) is 5.26 Å². The van der Waals surface area contributed by atoms with E-state index in [1.54, 1.807) is 31.2 Å². The Morgan fingerprint density at radius 1 is 1.19 bits per heavy atom. The lowest BCUT2D eigenvalue weighted by molar-refractivity contribution is 0.477. The molecule has 0 aliphatic carbocycles. The highest BCUT2D eigenvalue weighted by atomic mass is 32.2. The molecule has 0 aromatic heterocycles. The van der Waals surface area contributed by atoms with E-state index in [2.05, 4.69) is 4.72 Å². The van der Waals surface area contributed by atoms with E-state index in [-0.39, 0.29) is 22.8 Å². The van der Waals surface area contributed by atoms with Gasteiger partial charge in [0.1, 0.15) is 5.75 Å². The number of sulfonamides is 1. The van der Waals surface area contributed by atoms with Crippen molar-refractivity contribution in [2.45, 2.75) is 18.2 Å². The van der Waals surface area contributed by atoms with Gasteiger partial charge in [-0.25, -0.2) is 8.42 Å². The van der Waals surface area contributed by atoms with E-state index in [1.807, 2.05) is 6.07 Å². The highest BCUT2D eigenvalue weighted by Crippen LogP contribution is 2.29. The Kier molecular flexibility index (Phi) is 4.15. The SMILES string of the molecule is Cc1cccc(O)c1NS(=O)(=O)c1ccc(CC#N)cc1. The van der Waals surface area contributed by atoms with Gasteiger partial charge >= 0.3 is 0 Å². The van der Waals surface area contributed by atoms with Crippen LogP contribution in [0, 0.1) is 18.3 Å². The summed E-state index contributed by atoms with van der Waals surface area (Å²) in [5.74, 6) is -0.125. The molecule has 0 amide bonds. The number of nitrogens with one attached hydrogen (secondary N) is 1. The zero-order chi connectivity index (χ0) is 15.5. The van der Waals surface area contributed by atoms with Crippen molar-refractivity contribution in [2.24, 2.45) is 0 Å². The lowest BCUT2D eigenvalue weighted by Gasteiger charge is -2.12. The molecule has 0 atom stereocenters. The third kappa shape index (κ3) is 3.33. The summed E-state index contributed by atoms with van der Waals surface area (Å²) in [6, 6.07) is 12.8. The molecule has 6 heteroatoms. The number of nitrogens with zero attached hydrogens (tertiary/aromatic N) is 1. The summed E-state index contributed by atoms with van der Waals surface area (Å²) < 4.78 is 27.0. The molecule has 5 nitrogen and oxygen atoms in total. The number of hydrogen-bond acceptors (Lipinski definition) is 4. The van der Waals surface area contributed by atoms with E-state index >= 15 is 0 Å². The second kappa shape index (κ2) is 5.85. The molecule has 0 aliphatic rings. The van der Waals surface area contributed by atoms with Gasteiger partial charge in [0.25, 0.3) is 10.0 Å². The molecule has 2 aromatic rings. The molecule has 108 valence electrons. The number of aryl methyl sites for hydroxylation is 1. The van der Waals surface area contributed by atoms with Crippen LogP contribution in [-0.4, -0.2) is 13.5 Å². The van der Waals surface area contributed by atoms with Crippen molar-refractivity contribution < 1.29 is 13.5 Å². The molecule has 0 aliphatic heterocycles. The maximum atomic E-state index is 12.3. The van der Waals surface area contributed by atoms with Gasteiger partial charge in [-0.05, 0) is 36.2 Å². The summed E-state index contributed by atoms with van der Waals surface area (Å²) in [5.41, 5.74) is 1.54. The minimum Gasteiger partial charge on any atom is -0.506 e. The van der Waals surface area contributed by atoms with E-state index in [9.17, 15) is 13.5 Å². The molecule has 0 unspecified atom stereocenters. The van der Waals surface area contributed by atoms with Crippen LogP contribution < -0.4 is 4.72 Å². The topological polar surface area (TPSA) is 90.2 Å². The lowest BCUT2D eigenvalue weighted by Crippen LogP contribution is -2.13. The van der Waals surface area contributed by atoms with Crippen molar-refractivity contribution in [1.82, 2.24) is 0 Å². The average molecular weight is 302 g/mol. The molecule has 2 N–H and O–H groups in total.